The molecule has 0 aliphatic rings. The van der Waals surface area contributed by atoms with Crippen molar-refractivity contribution in [3.63, 3.8) is 0 Å². The van der Waals surface area contributed by atoms with Gasteiger partial charge < -0.3 is 13.7 Å². The van der Waals surface area contributed by atoms with E-state index in [1.54, 1.807) is 0 Å². The summed E-state index contributed by atoms with van der Waals surface area (Å²) in [6, 6.07) is 45.6. The smallest absolute Gasteiger partial charge is 0.228 e. The third kappa shape index (κ3) is 3.50. The van der Waals surface area contributed by atoms with Crippen molar-refractivity contribution in [3.8, 4) is 11.5 Å². The van der Waals surface area contributed by atoms with Crippen molar-refractivity contribution in [1.82, 2.24) is 4.98 Å². The zero-order valence-corrected chi connectivity index (χ0v) is 20.9. The fourth-order valence-electron chi connectivity index (χ4n) is 5.53. The first-order valence-corrected chi connectivity index (χ1v) is 13.0. The molecule has 0 spiro atoms. The summed E-state index contributed by atoms with van der Waals surface area (Å²) < 4.78 is 12.7. The molecule has 0 saturated carbocycles. The van der Waals surface area contributed by atoms with Crippen molar-refractivity contribution < 1.29 is 8.83 Å². The second kappa shape index (κ2) is 8.61. The highest BCUT2D eigenvalue weighted by Crippen LogP contribution is 2.42. The van der Waals surface area contributed by atoms with Crippen LogP contribution in [0.4, 0.5) is 17.1 Å². The maximum atomic E-state index is 6.56. The lowest BCUT2D eigenvalue weighted by molar-refractivity contribution is 0.620. The van der Waals surface area contributed by atoms with Gasteiger partial charge in [0.05, 0.1) is 0 Å². The van der Waals surface area contributed by atoms with Gasteiger partial charge in [0.25, 0.3) is 0 Å². The quantitative estimate of drug-likeness (QED) is 0.240. The van der Waals surface area contributed by atoms with Crippen LogP contribution in [0.1, 0.15) is 0 Å². The first-order valence-electron chi connectivity index (χ1n) is 13.0. The molecule has 0 fully saturated rings. The number of aromatic nitrogens is 1. The molecule has 8 aromatic rings. The van der Waals surface area contributed by atoms with Crippen molar-refractivity contribution in [2.45, 2.75) is 0 Å². The Balaban J connectivity index is 1.36. The van der Waals surface area contributed by atoms with Gasteiger partial charge in [-0.1, -0.05) is 72.8 Å². The summed E-state index contributed by atoms with van der Waals surface area (Å²) >= 11 is 0. The molecule has 8 rings (SSSR count). The van der Waals surface area contributed by atoms with Gasteiger partial charge >= 0.3 is 0 Å². The van der Waals surface area contributed by atoms with E-state index >= 15 is 0 Å². The highest BCUT2D eigenvalue weighted by atomic mass is 16.3. The van der Waals surface area contributed by atoms with Crippen LogP contribution in [0.25, 0.3) is 55.3 Å². The molecule has 4 nitrogen and oxygen atoms in total. The van der Waals surface area contributed by atoms with Crippen LogP contribution in [0.15, 0.2) is 142 Å². The van der Waals surface area contributed by atoms with E-state index in [1.165, 1.54) is 0 Å². The van der Waals surface area contributed by atoms with Gasteiger partial charge in [0.1, 0.15) is 16.7 Å². The molecule has 0 unspecified atom stereocenters. The summed E-state index contributed by atoms with van der Waals surface area (Å²) in [5.41, 5.74) is 7.38. The second-order valence-electron chi connectivity index (χ2n) is 9.62. The average molecular weight is 503 g/mol. The molecule has 0 bridgehead atoms. The van der Waals surface area contributed by atoms with E-state index in [2.05, 4.69) is 102 Å². The molecule has 2 aromatic heterocycles. The predicted molar refractivity (Wildman–Crippen MR) is 159 cm³/mol. The SMILES string of the molecule is c1ccc(N(c2ccccc2)c2ccc3c(c2)oc2cc(-c4nc5ccccc5o4)c4ccccc4c23)cc1. The third-order valence-electron chi connectivity index (χ3n) is 7.27. The summed E-state index contributed by atoms with van der Waals surface area (Å²) in [6.07, 6.45) is 0. The number of anilines is 3. The minimum Gasteiger partial charge on any atom is -0.456 e. The maximum absolute atomic E-state index is 6.56. The molecule has 2 heterocycles. The Morgan fingerprint density at radius 2 is 1.13 bits per heavy atom. The number of para-hydroxylation sites is 4. The number of hydrogen-bond acceptors (Lipinski definition) is 4. The minimum absolute atomic E-state index is 0.592. The number of hydrogen-bond donors (Lipinski definition) is 0. The van der Waals surface area contributed by atoms with E-state index in [4.69, 9.17) is 13.8 Å². The predicted octanol–water partition coefficient (Wildman–Crippen LogP) is 10.0. The zero-order valence-electron chi connectivity index (χ0n) is 20.9. The van der Waals surface area contributed by atoms with Crippen molar-refractivity contribution in [2.24, 2.45) is 0 Å². The fraction of sp³-hybridized carbons (Fsp3) is 0. The van der Waals surface area contributed by atoms with Crippen LogP contribution in [0, 0.1) is 0 Å². The first kappa shape index (κ1) is 21.7. The van der Waals surface area contributed by atoms with Crippen LogP contribution in [-0.4, -0.2) is 4.98 Å². The van der Waals surface area contributed by atoms with Crippen LogP contribution in [0.2, 0.25) is 0 Å². The number of nitrogens with zero attached hydrogens (tertiary/aromatic N) is 2. The largest absolute Gasteiger partial charge is 0.456 e. The number of fused-ring (bicyclic) bond motifs is 6. The molecule has 0 atom stereocenters. The number of oxazole rings is 1. The molecular formula is C35H22N2O2. The molecule has 0 radical (unpaired) electrons. The van der Waals surface area contributed by atoms with Crippen LogP contribution in [0.5, 0.6) is 0 Å². The topological polar surface area (TPSA) is 42.4 Å². The van der Waals surface area contributed by atoms with E-state index in [1.807, 2.05) is 36.4 Å². The Bertz CT molecular complexity index is 2050. The number of rotatable bonds is 4. The van der Waals surface area contributed by atoms with Gasteiger partial charge in [-0.3, -0.25) is 0 Å². The van der Waals surface area contributed by atoms with E-state index in [-0.39, 0.29) is 0 Å². The van der Waals surface area contributed by atoms with Crippen molar-refractivity contribution >= 4 is 60.9 Å². The Labute approximate surface area is 224 Å². The van der Waals surface area contributed by atoms with Gasteiger partial charge in [-0.15, -0.1) is 0 Å². The van der Waals surface area contributed by atoms with Gasteiger partial charge in [-0.05, 0) is 65.4 Å². The highest BCUT2D eigenvalue weighted by molar-refractivity contribution is 6.22. The van der Waals surface area contributed by atoms with E-state index in [9.17, 15) is 0 Å². The third-order valence-corrected chi connectivity index (χ3v) is 7.27. The Morgan fingerprint density at radius 3 is 1.87 bits per heavy atom. The van der Waals surface area contributed by atoms with E-state index < -0.39 is 0 Å². The Morgan fingerprint density at radius 1 is 0.462 bits per heavy atom. The zero-order chi connectivity index (χ0) is 25.8. The van der Waals surface area contributed by atoms with E-state index in [0.717, 1.165) is 66.4 Å². The van der Waals surface area contributed by atoms with Crippen molar-refractivity contribution in [1.29, 1.82) is 0 Å². The first-order chi connectivity index (χ1) is 19.3. The molecular weight excluding hydrogens is 480 g/mol. The van der Waals surface area contributed by atoms with E-state index in [0.29, 0.717) is 5.89 Å². The molecule has 6 aromatic carbocycles. The normalized spacial score (nSPS) is 11.6. The molecule has 4 heteroatoms. The summed E-state index contributed by atoms with van der Waals surface area (Å²) in [4.78, 5) is 7.03. The van der Waals surface area contributed by atoms with Crippen LogP contribution in [-0.2, 0) is 0 Å². The highest BCUT2D eigenvalue weighted by Gasteiger charge is 2.19. The Hall–Kier alpha value is -5.35. The lowest BCUT2D eigenvalue weighted by atomic mass is 9.99. The van der Waals surface area contributed by atoms with Gasteiger partial charge in [0.15, 0.2) is 5.58 Å². The van der Waals surface area contributed by atoms with Gasteiger partial charge in [0.2, 0.25) is 5.89 Å². The second-order valence-corrected chi connectivity index (χ2v) is 9.62. The molecule has 0 aliphatic heterocycles. The van der Waals surface area contributed by atoms with Crippen LogP contribution >= 0.6 is 0 Å². The Kier molecular flexibility index (Phi) is 4.79. The van der Waals surface area contributed by atoms with Gasteiger partial charge in [-0.2, -0.15) is 0 Å². The monoisotopic (exact) mass is 502 g/mol. The van der Waals surface area contributed by atoms with Gasteiger partial charge in [0, 0.05) is 39.5 Å². The molecule has 0 saturated heterocycles. The number of benzene rings is 6. The molecule has 0 amide bonds. The minimum atomic E-state index is 0.592. The summed E-state index contributed by atoms with van der Waals surface area (Å²) in [5, 5.41) is 4.37. The summed E-state index contributed by atoms with van der Waals surface area (Å²) in [5.74, 6) is 0.592. The van der Waals surface area contributed by atoms with Gasteiger partial charge in [-0.25, -0.2) is 4.98 Å². The molecule has 0 aliphatic carbocycles. The van der Waals surface area contributed by atoms with Crippen LogP contribution in [0.3, 0.4) is 0 Å². The maximum Gasteiger partial charge on any atom is 0.228 e. The standard InChI is InChI=1S/C35H22N2O2/c1-3-11-23(12-4-1)37(24-13-5-2-6-14-24)25-19-20-28-32(21-25)38-33-22-29(26-15-7-8-16-27(26)34(28)33)35-36-30-17-9-10-18-31(30)39-35/h1-22H. The summed E-state index contributed by atoms with van der Waals surface area (Å²) in [6.45, 7) is 0. The molecule has 0 N–H and O–H groups in total. The number of furan rings is 1. The lowest BCUT2D eigenvalue weighted by Crippen LogP contribution is -2.09. The fourth-order valence-corrected chi connectivity index (χ4v) is 5.53. The summed E-state index contributed by atoms with van der Waals surface area (Å²) in [7, 11) is 0. The lowest BCUT2D eigenvalue weighted by Gasteiger charge is -2.25. The average Bonchev–Trinajstić information content (AvgIpc) is 3.59. The molecule has 184 valence electrons. The van der Waals surface area contributed by atoms with Crippen LogP contribution < -0.4 is 4.90 Å². The van der Waals surface area contributed by atoms with Crippen molar-refractivity contribution in [2.75, 3.05) is 4.90 Å². The molecule has 39 heavy (non-hydrogen) atoms. The van der Waals surface area contributed by atoms with Crippen molar-refractivity contribution in [3.05, 3.63) is 133 Å².